The largest absolute Gasteiger partial charge is 0.481 e. The average Bonchev–Trinajstić information content (AvgIpc) is 2.91. The van der Waals surface area contributed by atoms with E-state index in [1.807, 2.05) is 26.0 Å². The third kappa shape index (κ3) is 8.07. The standard InChI is InChI=1S/C31H31F6NO2S/c1-19(2)14-28(29(39)40)24-16-22(20-5-7-25(8-6-20)30(32,33)34)15-23(17-24)21-4-3-13-38(18-21)41-27-11-9-26(10-12-27)31(35,36)37/h5-12,15-17,19,21,28H,3-4,13-14,18H2,1-2H3,(H,39,40). The Morgan fingerprint density at radius 1 is 0.902 bits per heavy atom. The molecule has 2 unspecified atom stereocenters. The van der Waals surface area contributed by atoms with Gasteiger partial charge in [-0.25, -0.2) is 4.31 Å². The SMILES string of the molecule is CC(C)CC(C(=O)O)c1cc(-c2ccc(C(F)(F)F)cc2)cc(C2CCCN(Sc3ccc(C(F)(F)F)cc3)C2)c1. The maximum atomic E-state index is 13.2. The highest BCUT2D eigenvalue weighted by Crippen LogP contribution is 2.39. The van der Waals surface area contributed by atoms with E-state index in [2.05, 4.69) is 4.31 Å². The number of carbonyl (C=O) groups is 1. The van der Waals surface area contributed by atoms with Gasteiger partial charge in [0.05, 0.1) is 17.0 Å². The summed E-state index contributed by atoms with van der Waals surface area (Å²) in [7, 11) is 0. The number of nitrogens with zero attached hydrogens (tertiary/aromatic N) is 1. The first kappa shape index (κ1) is 31.0. The van der Waals surface area contributed by atoms with Gasteiger partial charge in [0.15, 0.2) is 0 Å². The molecule has 3 aromatic carbocycles. The molecular formula is C31H31F6NO2S. The zero-order valence-electron chi connectivity index (χ0n) is 22.6. The number of rotatable bonds is 8. The second-order valence-corrected chi connectivity index (χ2v) is 12.0. The molecule has 3 aromatic rings. The molecule has 0 bridgehead atoms. The maximum absolute atomic E-state index is 13.2. The highest BCUT2D eigenvalue weighted by Gasteiger charge is 2.32. The van der Waals surface area contributed by atoms with Gasteiger partial charge in [0, 0.05) is 18.0 Å². The number of carboxylic acids is 1. The topological polar surface area (TPSA) is 40.5 Å². The fourth-order valence-electron chi connectivity index (χ4n) is 5.13. The van der Waals surface area contributed by atoms with Crippen molar-refractivity contribution in [3.8, 4) is 11.1 Å². The maximum Gasteiger partial charge on any atom is 0.416 e. The lowest BCUT2D eigenvalue weighted by molar-refractivity contribution is -0.139. The minimum absolute atomic E-state index is 0.00680. The Labute approximate surface area is 239 Å². The number of aliphatic carboxylic acids is 1. The van der Waals surface area contributed by atoms with E-state index in [-0.39, 0.29) is 11.8 Å². The molecule has 0 spiro atoms. The monoisotopic (exact) mass is 595 g/mol. The second kappa shape index (κ2) is 12.5. The van der Waals surface area contributed by atoms with Gasteiger partial charge in [-0.3, -0.25) is 4.79 Å². The van der Waals surface area contributed by atoms with Crippen molar-refractivity contribution in [2.75, 3.05) is 13.1 Å². The number of hydrogen-bond donors (Lipinski definition) is 1. The molecule has 1 heterocycles. The molecule has 1 N–H and O–H groups in total. The Bertz CT molecular complexity index is 1340. The number of carboxylic acid groups (broad SMARTS) is 1. The molecule has 1 aliphatic rings. The van der Waals surface area contributed by atoms with E-state index in [9.17, 15) is 36.2 Å². The molecule has 0 radical (unpaired) electrons. The van der Waals surface area contributed by atoms with Gasteiger partial charge in [0.25, 0.3) is 0 Å². The van der Waals surface area contributed by atoms with Gasteiger partial charge in [0.2, 0.25) is 0 Å². The van der Waals surface area contributed by atoms with Crippen molar-refractivity contribution in [2.45, 2.75) is 62.2 Å². The molecule has 0 amide bonds. The Morgan fingerprint density at radius 3 is 2.02 bits per heavy atom. The van der Waals surface area contributed by atoms with Crippen LogP contribution in [0.15, 0.2) is 71.6 Å². The zero-order valence-corrected chi connectivity index (χ0v) is 23.4. The molecule has 220 valence electrons. The normalized spacial score (nSPS) is 17.5. The molecule has 0 aliphatic carbocycles. The predicted molar refractivity (Wildman–Crippen MR) is 148 cm³/mol. The van der Waals surface area contributed by atoms with Gasteiger partial charge in [0.1, 0.15) is 0 Å². The summed E-state index contributed by atoms with van der Waals surface area (Å²) in [5.41, 5.74) is 1.23. The molecule has 1 fully saturated rings. The molecular weight excluding hydrogens is 564 g/mol. The van der Waals surface area contributed by atoms with Crippen molar-refractivity contribution in [1.82, 2.24) is 4.31 Å². The van der Waals surface area contributed by atoms with Crippen LogP contribution >= 0.6 is 11.9 Å². The number of piperidine rings is 1. The Morgan fingerprint density at radius 2 is 1.49 bits per heavy atom. The van der Waals surface area contributed by atoms with Crippen molar-refractivity contribution >= 4 is 17.9 Å². The van der Waals surface area contributed by atoms with Crippen molar-refractivity contribution < 1.29 is 36.2 Å². The Hall–Kier alpha value is -2.98. The van der Waals surface area contributed by atoms with Crippen LogP contribution in [0.3, 0.4) is 0 Å². The summed E-state index contributed by atoms with van der Waals surface area (Å²) in [6, 6.07) is 15.4. The second-order valence-electron chi connectivity index (χ2n) is 10.8. The van der Waals surface area contributed by atoms with Crippen LogP contribution in [0.4, 0.5) is 26.3 Å². The van der Waals surface area contributed by atoms with Crippen molar-refractivity contribution in [2.24, 2.45) is 5.92 Å². The Kier molecular flexibility index (Phi) is 9.43. The van der Waals surface area contributed by atoms with Crippen LogP contribution < -0.4 is 0 Å². The average molecular weight is 596 g/mol. The summed E-state index contributed by atoms with van der Waals surface area (Å²) < 4.78 is 80.4. The lowest BCUT2D eigenvalue weighted by atomic mass is 9.83. The van der Waals surface area contributed by atoms with E-state index in [4.69, 9.17) is 0 Å². The van der Waals surface area contributed by atoms with Gasteiger partial charge < -0.3 is 5.11 Å². The number of hydrogen-bond acceptors (Lipinski definition) is 3. The van der Waals surface area contributed by atoms with E-state index >= 15 is 0 Å². The van der Waals surface area contributed by atoms with E-state index in [1.165, 1.54) is 36.2 Å². The third-order valence-corrected chi connectivity index (χ3v) is 8.28. The summed E-state index contributed by atoms with van der Waals surface area (Å²) in [5.74, 6) is -1.62. The van der Waals surface area contributed by atoms with Gasteiger partial charge >= 0.3 is 18.3 Å². The summed E-state index contributed by atoms with van der Waals surface area (Å²) in [6.07, 6.45) is -6.81. The molecule has 41 heavy (non-hydrogen) atoms. The smallest absolute Gasteiger partial charge is 0.416 e. The molecule has 4 rings (SSSR count). The predicted octanol–water partition coefficient (Wildman–Crippen LogP) is 9.49. The van der Waals surface area contributed by atoms with E-state index in [0.29, 0.717) is 34.6 Å². The van der Waals surface area contributed by atoms with Crippen LogP contribution in [-0.4, -0.2) is 28.5 Å². The first-order chi connectivity index (χ1) is 19.2. The number of halogens is 6. The van der Waals surface area contributed by atoms with Gasteiger partial charge in [-0.05, 0) is 102 Å². The lowest BCUT2D eigenvalue weighted by Gasteiger charge is -2.32. The lowest BCUT2D eigenvalue weighted by Crippen LogP contribution is -2.29. The van der Waals surface area contributed by atoms with E-state index < -0.39 is 35.4 Å². The van der Waals surface area contributed by atoms with Crippen LogP contribution in [0.2, 0.25) is 0 Å². The van der Waals surface area contributed by atoms with Gasteiger partial charge in [-0.2, -0.15) is 26.3 Å². The van der Waals surface area contributed by atoms with Gasteiger partial charge in [-0.15, -0.1) is 0 Å². The molecule has 2 atom stereocenters. The van der Waals surface area contributed by atoms with Crippen LogP contribution in [0.1, 0.15) is 67.2 Å². The zero-order chi connectivity index (χ0) is 29.9. The molecule has 3 nitrogen and oxygen atoms in total. The summed E-state index contributed by atoms with van der Waals surface area (Å²) in [4.78, 5) is 12.9. The molecule has 0 saturated carbocycles. The molecule has 1 aliphatic heterocycles. The first-order valence-corrected chi connectivity index (χ1v) is 14.1. The first-order valence-electron chi connectivity index (χ1n) is 13.4. The fourth-order valence-corrected chi connectivity index (χ4v) is 6.16. The molecule has 1 saturated heterocycles. The Balaban J connectivity index is 1.65. The van der Waals surface area contributed by atoms with Gasteiger partial charge in [-0.1, -0.05) is 44.2 Å². The minimum atomic E-state index is -4.46. The molecule has 0 aromatic heterocycles. The third-order valence-electron chi connectivity index (χ3n) is 7.20. The molecule has 10 heteroatoms. The summed E-state index contributed by atoms with van der Waals surface area (Å²) in [6.45, 7) is 5.20. The van der Waals surface area contributed by atoms with Crippen molar-refractivity contribution in [1.29, 1.82) is 0 Å². The van der Waals surface area contributed by atoms with E-state index in [0.717, 1.165) is 49.2 Å². The quantitative estimate of drug-likeness (QED) is 0.208. The number of alkyl halides is 6. The summed E-state index contributed by atoms with van der Waals surface area (Å²) in [5, 5.41) is 10.0. The van der Waals surface area contributed by atoms with Crippen molar-refractivity contribution in [3.63, 3.8) is 0 Å². The highest BCUT2D eigenvalue weighted by atomic mass is 32.2. The summed E-state index contributed by atoms with van der Waals surface area (Å²) >= 11 is 1.38. The highest BCUT2D eigenvalue weighted by molar-refractivity contribution is 7.97. The fraction of sp³-hybridized carbons (Fsp3) is 0.387. The van der Waals surface area contributed by atoms with Crippen LogP contribution in [-0.2, 0) is 17.1 Å². The van der Waals surface area contributed by atoms with E-state index in [1.54, 1.807) is 6.07 Å². The van der Waals surface area contributed by atoms with Crippen LogP contribution in [0, 0.1) is 5.92 Å². The number of benzene rings is 3. The van der Waals surface area contributed by atoms with Crippen LogP contribution in [0.25, 0.3) is 11.1 Å². The van der Waals surface area contributed by atoms with Crippen molar-refractivity contribution in [3.05, 3.63) is 89.0 Å². The minimum Gasteiger partial charge on any atom is -0.481 e. The van der Waals surface area contributed by atoms with Crippen LogP contribution in [0.5, 0.6) is 0 Å².